The van der Waals surface area contributed by atoms with E-state index in [4.69, 9.17) is 9.47 Å². The highest BCUT2D eigenvalue weighted by Crippen LogP contribution is 2.39. The van der Waals surface area contributed by atoms with Crippen LogP contribution in [0.1, 0.15) is 60.7 Å². The molecule has 0 saturated carbocycles. The molecule has 1 aromatic heterocycles. The molecule has 2 heterocycles. The summed E-state index contributed by atoms with van der Waals surface area (Å²) in [5, 5.41) is 0. The summed E-state index contributed by atoms with van der Waals surface area (Å²) in [4.78, 5) is 23.1. The molecule has 37 heavy (non-hydrogen) atoms. The Bertz CT molecular complexity index is 1330. The number of hydrogen-bond acceptors (Lipinski definition) is 5. The van der Waals surface area contributed by atoms with E-state index in [0.717, 1.165) is 12.1 Å². The van der Waals surface area contributed by atoms with Gasteiger partial charge in [-0.05, 0) is 49.1 Å². The molecule has 0 N–H and O–H groups in total. The number of aromatic nitrogens is 2. The van der Waals surface area contributed by atoms with Gasteiger partial charge < -0.3 is 9.47 Å². The van der Waals surface area contributed by atoms with Gasteiger partial charge in [0.25, 0.3) is 0 Å². The van der Waals surface area contributed by atoms with Gasteiger partial charge in [0.05, 0.1) is 36.6 Å². The van der Waals surface area contributed by atoms with E-state index >= 15 is 0 Å². The molecule has 1 amide bonds. The van der Waals surface area contributed by atoms with Crippen LogP contribution in [0.4, 0.5) is 22.4 Å². The van der Waals surface area contributed by atoms with E-state index in [2.05, 4.69) is 9.97 Å². The van der Waals surface area contributed by atoms with Crippen molar-refractivity contribution in [2.75, 3.05) is 7.11 Å². The molecule has 1 saturated heterocycles. The van der Waals surface area contributed by atoms with Crippen LogP contribution in [-0.2, 0) is 17.5 Å². The van der Waals surface area contributed by atoms with Crippen LogP contribution >= 0.6 is 0 Å². The number of ether oxygens (including phenoxy) is 2. The zero-order chi connectivity index (χ0) is 27.1. The van der Waals surface area contributed by atoms with Crippen molar-refractivity contribution >= 4 is 6.09 Å². The Labute approximate surface area is 212 Å². The molecule has 2 aromatic carbocycles. The molecule has 1 fully saturated rings. The lowest BCUT2D eigenvalue weighted by Gasteiger charge is -2.22. The van der Waals surface area contributed by atoms with Crippen LogP contribution in [0.2, 0.25) is 0 Å². The molecule has 0 bridgehead atoms. The normalized spacial score (nSPS) is 17.9. The molecule has 0 radical (unpaired) electrons. The second-order valence-corrected chi connectivity index (χ2v) is 9.38. The quantitative estimate of drug-likeness (QED) is 0.336. The molecule has 0 aliphatic carbocycles. The van der Waals surface area contributed by atoms with E-state index in [0.29, 0.717) is 28.1 Å². The van der Waals surface area contributed by atoms with Crippen molar-refractivity contribution in [1.82, 2.24) is 14.9 Å². The van der Waals surface area contributed by atoms with Gasteiger partial charge in [0, 0.05) is 24.0 Å². The van der Waals surface area contributed by atoms with E-state index in [9.17, 15) is 22.4 Å². The summed E-state index contributed by atoms with van der Waals surface area (Å²) in [6, 6.07) is 6.00. The first kappa shape index (κ1) is 26.4. The molecule has 0 spiro atoms. The van der Waals surface area contributed by atoms with Crippen LogP contribution in [0, 0.1) is 12.7 Å². The minimum Gasteiger partial charge on any atom is -0.496 e. The lowest BCUT2D eigenvalue weighted by Crippen LogP contribution is -2.32. The van der Waals surface area contributed by atoms with E-state index in [1.165, 1.54) is 30.5 Å². The average molecular weight is 518 g/mol. The maximum atomic E-state index is 14.6. The number of nitrogens with zero attached hydrogens (tertiary/aromatic N) is 3. The van der Waals surface area contributed by atoms with Gasteiger partial charge in [-0.15, -0.1) is 0 Å². The number of carbonyl (C=O) groups is 1. The van der Waals surface area contributed by atoms with Gasteiger partial charge in [-0.1, -0.05) is 25.5 Å². The average Bonchev–Trinajstić information content (AvgIpc) is 3.11. The Morgan fingerprint density at radius 2 is 1.81 bits per heavy atom. The lowest BCUT2D eigenvalue weighted by molar-refractivity contribution is -0.137. The second-order valence-electron chi connectivity index (χ2n) is 9.38. The van der Waals surface area contributed by atoms with Gasteiger partial charge in [0.15, 0.2) is 0 Å². The Morgan fingerprint density at radius 3 is 2.46 bits per heavy atom. The zero-order valence-electron chi connectivity index (χ0n) is 21.1. The summed E-state index contributed by atoms with van der Waals surface area (Å²) in [6.45, 7) is 6.98. The third-order valence-electron chi connectivity index (χ3n) is 6.44. The first-order valence-electron chi connectivity index (χ1n) is 11.7. The number of rotatable bonds is 6. The number of alkyl halides is 3. The predicted molar refractivity (Wildman–Crippen MR) is 128 cm³/mol. The molecule has 1 aliphatic heterocycles. The minimum absolute atomic E-state index is 0.0187. The molecule has 6 nitrogen and oxygen atoms in total. The second kappa shape index (κ2) is 9.99. The van der Waals surface area contributed by atoms with Gasteiger partial charge in [-0.2, -0.15) is 13.2 Å². The summed E-state index contributed by atoms with van der Waals surface area (Å²) in [5.41, 5.74) is 1.67. The molecule has 3 aromatic rings. The fourth-order valence-corrected chi connectivity index (χ4v) is 4.54. The van der Waals surface area contributed by atoms with Crippen molar-refractivity contribution < 1.29 is 31.8 Å². The number of aryl methyl sites for hydroxylation is 1. The van der Waals surface area contributed by atoms with Crippen molar-refractivity contribution in [3.8, 4) is 17.0 Å². The van der Waals surface area contributed by atoms with Gasteiger partial charge >= 0.3 is 12.3 Å². The number of halogens is 4. The van der Waals surface area contributed by atoms with E-state index in [1.54, 1.807) is 26.0 Å². The largest absolute Gasteiger partial charge is 0.496 e. The van der Waals surface area contributed by atoms with E-state index in [1.807, 2.05) is 13.8 Å². The number of carbonyl (C=O) groups excluding carboxylic acids is 1. The van der Waals surface area contributed by atoms with Crippen LogP contribution < -0.4 is 4.74 Å². The predicted octanol–water partition coefficient (Wildman–Crippen LogP) is 6.82. The Morgan fingerprint density at radius 1 is 1.11 bits per heavy atom. The van der Waals surface area contributed by atoms with Crippen molar-refractivity contribution in [2.45, 2.75) is 58.5 Å². The molecule has 0 unspecified atom stereocenters. The van der Waals surface area contributed by atoms with Crippen LogP contribution in [0.15, 0.2) is 42.7 Å². The molecule has 1 aliphatic rings. The summed E-state index contributed by atoms with van der Waals surface area (Å²) >= 11 is 0. The Kier molecular flexibility index (Phi) is 7.12. The van der Waals surface area contributed by atoms with Gasteiger partial charge in [0.2, 0.25) is 0 Å². The van der Waals surface area contributed by atoms with E-state index < -0.39 is 35.8 Å². The summed E-state index contributed by atoms with van der Waals surface area (Å²) in [6.07, 6.45) is -3.15. The number of benzene rings is 2. The van der Waals surface area contributed by atoms with Gasteiger partial charge in [-0.25, -0.2) is 9.18 Å². The number of hydrogen-bond donors (Lipinski definition) is 0. The highest BCUT2D eigenvalue weighted by Gasteiger charge is 2.41. The van der Waals surface area contributed by atoms with Crippen molar-refractivity contribution in [2.24, 2.45) is 0 Å². The SMILES string of the molecule is COc1cc(F)c(C(C)C)cc1-c1nccnc1CN1C(=O)O[C@H](c2cc(C)cc(C(F)(F)F)c2)[C@@H]1C. The first-order valence-corrected chi connectivity index (χ1v) is 11.7. The number of methoxy groups -OCH3 is 1. The molecular formula is C27H27F4N3O3. The van der Waals surface area contributed by atoms with Gasteiger partial charge in [0.1, 0.15) is 17.7 Å². The fraction of sp³-hybridized carbons (Fsp3) is 0.370. The highest BCUT2D eigenvalue weighted by atomic mass is 19.4. The number of amides is 1. The van der Waals surface area contributed by atoms with Crippen LogP contribution in [0.5, 0.6) is 5.75 Å². The lowest BCUT2D eigenvalue weighted by atomic mass is 9.96. The summed E-state index contributed by atoms with van der Waals surface area (Å²) < 4.78 is 65.6. The standard InChI is InChI=1S/C27H27F4N3O3/c1-14(2)19-11-20(23(36-5)12-21(19)28)24-22(32-6-7-33-24)13-34-16(4)25(37-26(34)35)17-8-15(3)9-18(10-17)27(29,30)31/h6-12,14,16,25H,13H2,1-5H3/t16-,25-/m0/s1. The highest BCUT2D eigenvalue weighted by molar-refractivity contribution is 5.73. The number of cyclic esters (lactones) is 1. The van der Waals surface area contributed by atoms with Crippen LogP contribution in [-0.4, -0.2) is 34.1 Å². The molecule has 10 heteroatoms. The molecular weight excluding hydrogens is 490 g/mol. The smallest absolute Gasteiger partial charge is 0.416 e. The van der Waals surface area contributed by atoms with Crippen LogP contribution in [0.25, 0.3) is 11.3 Å². The van der Waals surface area contributed by atoms with Crippen molar-refractivity contribution in [3.05, 3.63) is 76.5 Å². The molecule has 4 rings (SSSR count). The van der Waals surface area contributed by atoms with Crippen molar-refractivity contribution in [3.63, 3.8) is 0 Å². The minimum atomic E-state index is -4.52. The monoisotopic (exact) mass is 517 g/mol. The molecule has 2 atom stereocenters. The maximum absolute atomic E-state index is 14.6. The topological polar surface area (TPSA) is 64.6 Å². The maximum Gasteiger partial charge on any atom is 0.416 e. The first-order chi connectivity index (χ1) is 17.4. The third-order valence-corrected chi connectivity index (χ3v) is 6.44. The Hall–Kier alpha value is -3.69. The Balaban J connectivity index is 1.69. The van der Waals surface area contributed by atoms with Crippen LogP contribution in [0.3, 0.4) is 0 Å². The van der Waals surface area contributed by atoms with Crippen molar-refractivity contribution in [1.29, 1.82) is 0 Å². The summed E-state index contributed by atoms with van der Waals surface area (Å²) in [5.74, 6) is -0.245. The van der Waals surface area contributed by atoms with Gasteiger partial charge in [-0.3, -0.25) is 14.9 Å². The zero-order valence-corrected chi connectivity index (χ0v) is 21.1. The fourth-order valence-electron chi connectivity index (χ4n) is 4.54. The molecule has 196 valence electrons. The van der Waals surface area contributed by atoms with E-state index in [-0.39, 0.29) is 23.8 Å². The summed E-state index contributed by atoms with van der Waals surface area (Å²) in [7, 11) is 1.42. The third kappa shape index (κ3) is 5.23.